The van der Waals surface area contributed by atoms with E-state index in [9.17, 15) is 4.79 Å². The molecule has 1 aromatic carbocycles. The first-order valence-corrected chi connectivity index (χ1v) is 5.89. The lowest BCUT2D eigenvalue weighted by Gasteiger charge is -2.28. The fraction of sp³-hybridized carbons (Fsp3) is 0.500. The molecule has 0 radical (unpaired) electrons. The van der Waals surface area contributed by atoms with E-state index in [4.69, 9.17) is 4.74 Å². The molecule has 1 fully saturated rings. The number of carbonyl (C=O) groups excluding carboxylic acids is 1. The van der Waals surface area contributed by atoms with Gasteiger partial charge in [0.1, 0.15) is 11.5 Å². The summed E-state index contributed by atoms with van der Waals surface area (Å²) in [7, 11) is 1.66. The van der Waals surface area contributed by atoms with Crippen molar-refractivity contribution in [3.63, 3.8) is 0 Å². The molecule has 2 atom stereocenters. The summed E-state index contributed by atoms with van der Waals surface area (Å²) in [6, 6.07) is 7.87. The van der Waals surface area contributed by atoms with Gasteiger partial charge in [-0.2, -0.15) is 0 Å². The summed E-state index contributed by atoms with van der Waals surface area (Å²) in [5.74, 6) is 1.67. The Hall–Kier alpha value is -1.31. The molecule has 86 valence electrons. The van der Waals surface area contributed by atoms with E-state index in [0.29, 0.717) is 18.1 Å². The first-order chi connectivity index (χ1) is 7.74. The van der Waals surface area contributed by atoms with Crippen molar-refractivity contribution in [3.05, 3.63) is 29.8 Å². The molecule has 0 aromatic heterocycles. The molecule has 0 N–H and O–H groups in total. The van der Waals surface area contributed by atoms with Gasteiger partial charge in [0.05, 0.1) is 7.11 Å². The molecule has 2 unspecified atom stereocenters. The lowest BCUT2D eigenvalue weighted by molar-refractivity contribution is -0.123. The predicted octanol–water partition coefficient (Wildman–Crippen LogP) is 3.17. The summed E-state index contributed by atoms with van der Waals surface area (Å²) >= 11 is 0. The molecule has 1 aliphatic carbocycles. The molecule has 0 saturated heterocycles. The average Bonchev–Trinajstić information content (AvgIpc) is 2.29. The van der Waals surface area contributed by atoms with Gasteiger partial charge in [0.2, 0.25) is 0 Å². The maximum Gasteiger partial charge on any atom is 0.140 e. The van der Waals surface area contributed by atoms with Crippen molar-refractivity contribution in [2.75, 3.05) is 7.11 Å². The first-order valence-electron chi connectivity index (χ1n) is 5.89. The molecule has 2 rings (SSSR count). The van der Waals surface area contributed by atoms with Crippen LogP contribution in [0.4, 0.5) is 0 Å². The van der Waals surface area contributed by atoms with Crippen molar-refractivity contribution >= 4 is 5.78 Å². The van der Waals surface area contributed by atoms with Crippen molar-refractivity contribution in [1.82, 2.24) is 0 Å². The molecule has 1 aromatic rings. The summed E-state index contributed by atoms with van der Waals surface area (Å²) in [5, 5.41) is 0. The SMILES string of the molecule is COc1ccccc1C1C(=O)CCCC1C. The number of benzene rings is 1. The fourth-order valence-corrected chi connectivity index (χ4v) is 2.64. The Kier molecular flexibility index (Phi) is 3.28. The normalized spacial score (nSPS) is 25.5. The highest BCUT2D eigenvalue weighted by atomic mass is 16.5. The zero-order valence-electron chi connectivity index (χ0n) is 9.90. The highest BCUT2D eigenvalue weighted by molar-refractivity contribution is 5.87. The smallest absolute Gasteiger partial charge is 0.140 e. The summed E-state index contributed by atoms with van der Waals surface area (Å²) in [5.41, 5.74) is 1.06. The van der Waals surface area contributed by atoms with Gasteiger partial charge >= 0.3 is 0 Å². The second-order valence-electron chi connectivity index (χ2n) is 4.56. The zero-order chi connectivity index (χ0) is 11.5. The van der Waals surface area contributed by atoms with E-state index in [-0.39, 0.29) is 5.92 Å². The van der Waals surface area contributed by atoms with E-state index >= 15 is 0 Å². The van der Waals surface area contributed by atoms with Crippen LogP contribution in [0.25, 0.3) is 0 Å². The Morgan fingerprint density at radius 1 is 1.31 bits per heavy atom. The molecule has 2 nitrogen and oxygen atoms in total. The maximum atomic E-state index is 12.0. The molecular weight excluding hydrogens is 200 g/mol. The molecule has 2 heteroatoms. The first kappa shape index (κ1) is 11.2. The number of para-hydroxylation sites is 1. The Morgan fingerprint density at radius 3 is 2.75 bits per heavy atom. The summed E-state index contributed by atoms with van der Waals surface area (Å²) in [6.45, 7) is 2.16. The van der Waals surface area contributed by atoms with Crippen molar-refractivity contribution < 1.29 is 9.53 Å². The van der Waals surface area contributed by atoms with Gasteiger partial charge in [0.15, 0.2) is 0 Å². The van der Waals surface area contributed by atoms with Gasteiger partial charge in [-0.1, -0.05) is 25.1 Å². The Bertz CT molecular complexity index is 384. The van der Waals surface area contributed by atoms with Crippen LogP contribution in [-0.4, -0.2) is 12.9 Å². The molecule has 0 aliphatic heterocycles. The third-order valence-corrected chi connectivity index (χ3v) is 3.47. The van der Waals surface area contributed by atoms with Gasteiger partial charge in [-0.05, 0) is 24.8 Å². The quantitative estimate of drug-likeness (QED) is 0.762. The number of hydrogen-bond donors (Lipinski definition) is 0. The van der Waals surface area contributed by atoms with E-state index < -0.39 is 0 Å². The minimum Gasteiger partial charge on any atom is -0.496 e. The molecule has 0 bridgehead atoms. The van der Waals surface area contributed by atoms with Gasteiger partial charge in [-0.15, -0.1) is 0 Å². The monoisotopic (exact) mass is 218 g/mol. The van der Waals surface area contributed by atoms with Crippen LogP contribution >= 0.6 is 0 Å². The average molecular weight is 218 g/mol. The number of rotatable bonds is 2. The van der Waals surface area contributed by atoms with Crippen LogP contribution in [-0.2, 0) is 4.79 Å². The van der Waals surface area contributed by atoms with Crippen molar-refractivity contribution in [3.8, 4) is 5.75 Å². The van der Waals surface area contributed by atoms with Crippen LogP contribution in [0.1, 0.15) is 37.7 Å². The highest BCUT2D eigenvalue weighted by Gasteiger charge is 2.31. The van der Waals surface area contributed by atoms with Crippen molar-refractivity contribution in [2.24, 2.45) is 5.92 Å². The molecule has 16 heavy (non-hydrogen) atoms. The van der Waals surface area contributed by atoms with E-state index in [1.54, 1.807) is 7.11 Å². The second-order valence-corrected chi connectivity index (χ2v) is 4.56. The summed E-state index contributed by atoms with van der Waals surface area (Å²) < 4.78 is 5.34. The van der Waals surface area contributed by atoms with Crippen molar-refractivity contribution in [1.29, 1.82) is 0 Å². The van der Waals surface area contributed by atoms with Gasteiger partial charge in [-0.25, -0.2) is 0 Å². The number of Topliss-reactive ketones (excluding diaryl/α,β-unsaturated/α-hetero) is 1. The lowest BCUT2D eigenvalue weighted by atomic mass is 9.75. The van der Waals surface area contributed by atoms with Gasteiger partial charge in [-0.3, -0.25) is 4.79 Å². The van der Waals surface area contributed by atoms with Gasteiger partial charge in [0.25, 0.3) is 0 Å². The topological polar surface area (TPSA) is 26.3 Å². The van der Waals surface area contributed by atoms with Crippen LogP contribution in [0.2, 0.25) is 0 Å². The van der Waals surface area contributed by atoms with Gasteiger partial charge < -0.3 is 4.74 Å². The molecule has 0 heterocycles. The fourth-order valence-electron chi connectivity index (χ4n) is 2.64. The predicted molar refractivity (Wildman–Crippen MR) is 63.8 cm³/mol. The van der Waals surface area contributed by atoms with Crippen LogP contribution in [0.5, 0.6) is 5.75 Å². The molecule has 1 saturated carbocycles. The highest BCUT2D eigenvalue weighted by Crippen LogP contribution is 2.38. The molecule has 0 amide bonds. The minimum atomic E-state index is 0.0323. The van der Waals surface area contributed by atoms with E-state index in [1.165, 1.54) is 0 Å². The molecular formula is C14H18O2. The van der Waals surface area contributed by atoms with Gasteiger partial charge in [0, 0.05) is 17.9 Å². The number of methoxy groups -OCH3 is 1. The van der Waals surface area contributed by atoms with Crippen LogP contribution in [0.15, 0.2) is 24.3 Å². The Labute approximate surface area is 96.6 Å². The Balaban J connectivity index is 2.37. The maximum absolute atomic E-state index is 12.0. The van der Waals surface area contributed by atoms with Crippen LogP contribution in [0.3, 0.4) is 0 Å². The van der Waals surface area contributed by atoms with Crippen LogP contribution < -0.4 is 4.74 Å². The number of hydrogen-bond acceptors (Lipinski definition) is 2. The largest absolute Gasteiger partial charge is 0.496 e. The van der Waals surface area contributed by atoms with Crippen LogP contribution in [0, 0.1) is 5.92 Å². The number of ketones is 1. The lowest BCUT2D eigenvalue weighted by Crippen LogP contribution is -2.25. The number of carbonyl (C=O) groups is 1. The summed E-state index contributed by atoms with van der Waals surface area (Å²) in [6.07, 6.45) is 2.88. The molecule has 0 spiro atoms. The summed E-state index contributed by atoms with van der Waals surface area (Å²) in [4.78, 5) is 12.0. The second kappa shape index (κ2) is 4.69. The molecule has 1 aliphatic rings. The minimum absolute atomic E-state index is 0.0323. The van der Waals surface area contributed by atoms with E-state index in [0.717, 1.165) is 24.2 Å². The zero-order valence-corrected chi connectivity index (χ0v) is 9.90. The van der Waals surface area contributed by atoms with E-state index in [1.807, 2.05) is 24.3 Å². The van der Waals surface area contributed by atoms with Crippen molar-refractivity contribution in [2.45, 2.75) is 32.1 Å². The third kappa shape index (κ3) is 1.97. The Morgan fingerprint density at radius 2 is 2.06 bits per heavy atom. The third-order valence-electron chi connectivity index (χ3n) is 3.47. The van der Waals surface area contributed by atoms with E-state index in [2.05, 4.69) is 6.92 Å². The standard InChI is InChI=1S/C14H18O2/c1-10-6-5-8-12(15)14(10)11-7-3-4-9-13(11)16-2/h3-4,7,9-10,14H,5-6,8H2,1-2H3. The number of ether oxygens (including phenoxy) is 1.